The summed E-state index contributed by atoms with van der Waals surface area (Å²) in [7, 11) is 5.02. The summed E-state index contributed by atoms with van der Waals surface area (Å²) >= 11 is 0. The number of ether oxygens (including phenoxy) is 2. The van der Waals surface area contributed by atoms with Crippen molar-refractivity contribution in [1.29, 1.82) is 0 Å². The SMILES string of the molecule is CNCCC=Cc1cnc(OC)nc1OC. The van der Waals surface area contributed by atoms with E-state index in [0.29, 0.717) is 11.9 Å². The van der Waals surface area contributed by atoms with E-state index in [9.17, 15) is 0 Å². The third kappa shape index (κ3) is 3.51. The summed E-state index contributed by atoms with van der Waals surface area (Å²) in [6.07, 6.45) is 6.62. The molecule has 1 aromatic heterocycles. The Balaban J connectivity index is 2.75. The van der Waals surface area contributed by atoms with Crippen molar-refractivity contribution in [3.8, 4) is 11.9 Å². The van der Waals surface area contributed by atoms with Crippen LogP contribution in [-0.4, -0.2) is 37.8 Å². The van der Waals surface area contributed by atoms with E-state index in [1.165, 1.54) is 7.11 Å². The molecule has 5 heteroatoms. The van der Waals surface area contributed by atoms with Gasteiger partial charge >= 0.3 is 6.01 Å². The van der Waals surface area contributed by atoms with Gasteiger partial charge in [0.2, 0.25) is 5.88 Å². The summed E-state index contributed by atoms with van der Waals surface area (Å²) in [4.78, 5) is 8.11. The Hall–Kier alpha value is -1.62. The van der Waals surface area contributed by atoms with Gasteiger partial charge in [-0.05, 0) is 20.0 Å². The zero-order valence-electron chi connectivity index (χ0n) is 9.86. The van der Waals surface area contributed by atoms with E-state index < -0.39 is 0 Å². The predicted octanol–water partition coefficient (Wildman–Crippen LogP) is 1.12. The molecule has 0 atom stereocenters. The van der Waals surface area contributed by atoms with E-state index in [1.54, 1.807) is 13.3 Å². The fourth-order valence-electron chi connectivity index (χ4n) is 1.17. The van der Waals surface area contributed by atoms with Crippen LogP contribution in [-0.2, 0) is 0 Å². The zero-order valence-corrected chi connectivity index (χ0v) is 9.86. The van der Waals surface area contributed by atoms with E-state index in [2.05, 4.69) is 15.3 Å². The molecule has 1 heterocycles. The Morgan fingerprint density at radius 2 is 2.19 bits per heavy atom. The van der Waals surface area contributed by atoms with Crippen molar-refractivity contribution in [2.45, 2.75) is 6.42 Å². The topological polar surface area (TPSA) is 56.3 Å². The van der Waals surface area contributed by atoms with Crippen LogP contribution in [0, 0.1) is 0 Å². The van der Waals surface area contributed by atoms with Gasteiger partial charge in [-0.3, -0.25) is 0 Å². The highest BCUT2D eigenvalue weighted by atomic mass is 16.5. The molecular weight excluding hydrogens is 206 g/mol. The predicted molar refractivity (Wildman–Crippen MR) is 62.7 cm³/mol. The first-order chi connectivity index (χ1) is 7.81. The maximum Gasteiger partial charge on any atom is 0.319 e. The summed E-state index contributed by atoms with van der Waals surface area (Å²) in [5.41, 5.74) is 0.847. The first kappa shape index (κ1) is 12.4. The van der Waals surface area contributed by atoms with Crippen LogP contribution in [0.5, 0.6) is 11.9 Å². The highest BCUT2D eigenvalue weighted by Gasteiger charge is 2.04. The van der Waals surface area contributed by atoms with Gasteiger partial charge in [-0.15, -0.1) is 0 Å². The van der Waals surface area contributed by atoms with E-state index in [4.69, 9.17) is 9.47 Å². The molecule has 0 saturated heterocycles. The van der Waals surface area contributed by atoms with Gasteiger partial charge in [-0.1, -0.05) is 12.2 Å². The van der Waals surface area contributed by atoms with Crippen LogP contribution in [0.2, 0.25) is 0 Å². The van der Waals surface area contributed by atoms with Gasteiger partial charge in [0.1, 0.15) is 0 Å². The van der Waals surface area contributed by atoms with Crippen molar-refractivity contribution in [1.82, 2.24) is 15.3 Å². The van der Waals surface area contributed by atoms with E-state index in [-0.39, 0.29) is 0 Å². The molecule has 0 aliphatic carbocycles. The summed E-state index contributed by atoms with van der Waals surface area (Å²) < 4.78 is 10.1. The molecule has 1 N–H and O–H groups in total. The van der Waals surface area contributed by atoms with Crippen molar-refractivity contribution in [3.05, 3.63) is 17.8 Å². The van der Waals surface area contributed by atoms with E-state index in [0.717, 1.165) is 18.5 Å². The average Bonchev–Trinajstić information content (AvgIpc) is 2.34. The molecule has 0 aromatic carbocycles. The van der Waals surface area contributed by atoms with Gasteiger partial charge in [0.15, 0.2) is 0 Å². The molecule has 0 bridgehead atoms. The van der Waals surface area contributed by atoms with Crippen LogP contribution in [0.3, 0.4) is 0 Å². The number of rotatable bonds is 6. The number of nitrogens with one attached hydrogen (secondary N) is 1. The normalized spacial score (nSPS) is 10.7. The minimum Gasteiger partial charge on any atom is -0.480 e. The molecule has 0 spiro atoms. The highest BCUT2D eigenvalue weighted by molar-refractivity contribution is 5.53. The molecule has 0 unspecified atom stereocenters. The lowest BCUT2D eigenvalue weighted by molar-refractivity contribution is 0.351. The zero-order chi connectivity index (χ0) is 11.8. The fraction of sp³-hybridized carbons (Fsp3) is 0.455. The molecule has 16 heavy (non-hydrogen) atoms. The minimum absolute atomic E-state index is 0.309. The number of nitrogens with zero attached hydrogens (tertiary/aromatic N) is 2. The molecule has 0 aliphatic heterocycles. The Kier molecular flexibility index (Phi) is 5.28. The van der Waals surface area contributed by atoms with Crippen LogP contribution in [0.15, 0.2) is 12.3 Å². The largest absolute Gasteiger partial charge is 0.480 e. The van der Waals surface area contributed by atoms with Gasteiger partial charge in [0.25, 0.3) is 0 Å². The fourth-order valence-corrected chi connectivity index (χ4v) is 1.17. The van der Waals surface area contributed by atoms with E-state index >= 15 is 0 Å². The first-order valence-corrected chi connectivity index (χ1v) is 5.08. The smallest absolute Gasteiger partial charge is 0.319 e. The Morgan fingerprint density at radius 1 is 1.38 bits per heavy atom. The van der Waals surface area contributed by atoms with Crippen LogP contribution in [0.1, 0.15) is 12.0 Å². The quantitative estimate of drug-likeness (QED) is 0.732. The molecule has 1 rings (SSSR count). The van der Waals surface area contributed by atoms with Crippen molar-refractivity contribution < 1.29 is 9.47 Å². The van der Waals surface area contributed by atoms with Crippen LogP contribution in [0.25, 0.3) is 6.08 Å². The Labute approximate surface area is 95.5 Å². The van der Waals surface area contributed by atoms with Gasteiger partial charge in [0.05, 0.1) is 19.8 Å². The molecule has 1 aromatic rings. The summed E-state index contributed by atoms with van der Waals surface area (Å²) in [5.74, 6) is 0.521. The molecular formula is C11H17N3O2. The number of hydrogen-bond acceptors (Lipinski definition) is 5. The lowest BCUT2D eigenvalue weighted by atomic mass is 10.2. The van der Waals surface area contributed by atoms with Gasteiger partial charge in [-0.25, -0.2) is 4.98 Å². The molecule has 0 radical (unpaired) electrons. The standard InChI is InChI=1S/C11H17N3O2/c1-12-7-5-4-6-9-8-13-11(16-3)14-10(9)15-2/h4,6,8,12H,5,7H2,1-3H3. The molecule has 5 nitrogen and oxygen atoms in total. The molecule has 0 fully saturated rings. The minimum atomic E-state index is 0.309. The van der Waals surface area contributed by atoms with Crippen molar-refractivity contribution in [2.75, 3.05) is 27.8 Å². The van der Waals surface area contributed by atoms with E-state index in [1.807, 2.05) is 19.2 Å². The van der Waals surface area contributed by atoms with Crippen molar-refractivity contribution in [3.63, 3.8) is 0 Å². The second-order valence-corrected chi connectivity index (χ2v) is 3.12. The lowest BCUT2D eigenvalue weighted by Crippen LogP contribution is -2.05. The summed E-state index contributed by atoms with van der Waals surface area (Å²) in [6, 6.07) is 0.309. The van der Waals surface area contributed by atoms with Gasteiger partial charge in [-0.2, -0.15) is 4.98 Å². The number of hydrogen-bond donors (Lipinski definition) is 1. The summed E-state index contributed by atoms with van der Waals surface area (Å²) in [5, 5.41) is 3.07. The molecule has 0 saturated carbocycles. The highest BCUT2D eigenvalue weighted by Crippen LogP contribution is 2.18. The summed E-state index contributed by atoms with van der Waals surface area (Å²) in [6.45, 7) is 0.940. The maximum absolute atomic E-state index is 5.15. The number of methoxy groups -OCH3 is 2. The lowest BCUT2D eigenvalue weighted by Gasteiger charge is -2.04. The first-order valence-electron chi connectivity index (χ1n) is 5.08. The molecule has 0 amide bonds. The average molecular weight is 223 g/mol. The monoisotopic (exact) mass is 223 g/mol. The van der Waals surface area contributed by atoms with Gasteiger partial charge < -0.3 is 14.8 Å². The van der Waals surface area contributed by atoms with Crippen LogP contribution >= 0.6 is 0 Å². The third-order valence-electron chi connectivity index (χ3n) is 1.99. The molecule has 0 aliphatic rings. The maximum atomic E-state index is 5.15. The van der Waals surface area contributed by atoms with Crippen LogP contribution < -0.4 is 14.8 Å². The van der Waals surface area contributed by atoms with Crippen molar-refractivity contribution >= 4 is 6.08 Å². The second-order valence-electron chi connectivity index (χ2n) is 3.12. The van der Waals surface area contributed by atoms with Crippen molar-refractivity contribution in [2.24, 2.45) is 0 Å². The second kappa shape index (κ2) is 6.79. The number of aromatic nitrogens is 2. The van der Waals surface area contributed by atoms with Crippen LogP contribution in [0.4, 0.5) is 0 Å². The van der Waals surface area contributed by atoms with Gasteiger partial charge in [0, 0.05) is 6.20 Å². The Bertz CT molecular complexity index is 353. The molecule has 88 valence electrons. The third-order valence-corrected chi connectivity index (χ3v) is 1.99. The Morgan fingerprint density at radius 3 is 2.81 bits per heavy atom.